The van der Waals surface area contributed by atoms with Crippen LogP contribution in [0.5, 0.6) is 0 Å². The number of aromatic amines is 1. The van der Waals surface area contributed by atoms with Gasteiger partial charge in [0.25, 0.3) is 5.56 Å². The summed E-state index contributed by atoms with van der Waals surface area (Å²) in [6.07, 6.45) is 0.854. The SMILES string of the molecule is CCc1cc2c(=O)n(CC(=O)Nc3cc(C)cc(C)c3)c(=S)[nH]c2s1. The van der Waals surface area contributed by atoms with Gasteiger partial charge in [0, 0.05) is 10.6 Å². The van der Waals surface area contributed by atoms with Crippen molar-refractivity contribution in [3.8, 4) is 0 Å². The number of thiophene rings is 1. The number of aryl methyl sites for hydroxylation is 3. The summed E-state index contributed by atoms with van der Waals surface area (Å²) in [4.78, 5) is 30.0. The Hall–Kier alpha value is -2.25. The maximum Gasteiger partial charge on any atom is 0.263 e. The number of amides is 1. The molecule has 5 nitrogen and oxygen atoms in total. The Bertz CT molecular complexity index is 1060. The molecule has 7 heteroatoms. The highest BCUT2D eigenvalue weighted by Crippen LogP contribution is 2.21. The second kappa shape index (κ2) is 6.93. The van der Waals surface area contributed by atoms with Gasteiger partial charge in [-0.05, 0) is 61.8 Å². The molecule has 0 unspecified atom stereocenters. The first-order valence-electron chi connectivity index (χ1n) is 8.01. The molecule has 0 atom stereocenters. The molecule has 0 aliphatic carbocycles. The number of aromatic nitrogens is 2. The van der Waals surface area contributed by atoms with E-state index in [1.54, 1.807) is 0 Å². The molecule has 0 fully saturated rings. The molecule has 2 N–H and O–H groups in total. The number of nitrogens with one attached hydrogen (secondary N) is 2. The molecule has 0 bridgehead atoms. The molecule has 0 saturated heterocycles. The van der Waals surface area contributed by atoms with E-state index in [1.165, 1.54) is 15.9 Å². The van der Waals surface area contributed by atoms with Crippen molar-refractivity contribution in [2.75, 3.05) is 5.32 Å². The third kappa shape index (κ3) is 3.72. The monoisotopic (exact) mass is 373 g/mol. The van der Waals surface area contributed by atoms with Crippen molar-refractivity contribution >= 4 is 45.4 Å². The number of carbonyl (C=O) groups is 1. The van der Waals surface area contributed by atoms with Gasteiger partial charge in [0.15, 0.2) is 4.77 Å². The molecule has 0 aliphatic heterocycles. The van der Waals surface area contributed by atoms with Crippen LogP contribution in [-0.2, 0) is 17.8 Å². The van der Waals surface area contributed by atoms with Crippen LogP contribution in [0.2, 0.25) is 0 Å². The highest BCUT2D eigenvalue weighted by atomic mass is 32.1. The van der Waals surface area contributed by atoms with Gasteiger partial charge in [0.05, 0.1) is 5.39 Å². The third-order valence-corrected chi connectivity index (χ3v) is 5.40. The number of nitrogens with zero attached hydrogens (tertiary/aromatic N) is 1. The lowest BCUT2D eigenvalue weighted by atomic mass is 10.1. The molecule has 0 aliphatic rings. The summed E-state index contributed by atoms with van der Waals surface area (Å²) in [5.41, 5.74) is 2.62. The smallest absolute Gasteiger partial charge is 0.263 e. The predicted molar refractivity (Wildman–Crippen MR) is 105 cm³/mol. The third-order valence-electron chi connectivity index (χ3n) is 3.88. The Morgan fingerprint density at radius 1 is 1.24 bits per heavy atom. The lowest BCUT2D eigenvalue weighted by Crippen LogP contribution is -2.28. The Labute approximate surface area is 154 Å². The van der Waals surface area contributed by atoms with E-state index in [-0.39, 0.29) is 22.8 Å². The summed E-state index contributed by atoms with van der Waals surface area (Å²) in [6.45, 7) is 5.86. The number of rotatable bonds is 4. The molecule has 0 saturated carbocycles. The second-order valence-electron chi connectivity index (χ2n) is 6.06. The van der Waals surface area contributed by atoms with Gasteiger partial charge < -0.3 is 10.3 Å². The van der Waals surface area contributed by atoms with Gasteiger partial charge >= 0.3 is 0 Å². The normalized spacial score (nSPS) is 11.0. The quantitative estimate of drug-likeness (QED) is 0.681. The van der Waals surface area contributed by atoms with Crippen molar-refractivity contribution in [2.45, 2.75) is 33.7 Å². The van der Waals surface area contributed by atoms with E-state index in [2.05, 4.69) is 10.3 Å². The van der Waals surface area contributed by atoms with Gasteiger partial charge in [-0.3, -0.25) is 14.2 Å². The predicted octanol–water partition coefficient (Wildman–Crippen LogP) is 3.94. The van der Waals surface area contributed by atoms with Crippen molar-refractivity contribution in [2.24, 2.45) is 0 Å². The molecule has 3 rings (SSSR count). The van der Waals surface area contributed by atoms with Crippen molar-refractivity contribution in [3.63, 3.8) is 0 Å². The van der Waals surface area contributed by atoms with Crippen LogP contribution < -0.4 is 10.9 Å². The van der Waals surface area contributed by atoms with Gasteiger partial charge in [0.2, 0.25) is 5.91 Å². The zero-order valence-corrected chi connectivity index (χ0v) is 15.9. The molecular formula is C18H19N3O2S2. The summed E-state index contributed by atoms with van der Waals surface area (Å²) >= 11 is 6.79. The zero-order valence-electron chi connectivity index (χ0n) is 14.3. The lowest BCUT2D eigenvalue weighted by molar-refractivity contribution is -0.116. The molecule has 3 aromatic rings. The fourth-order valence-corrected chi connectivity index (χ4v) is 4.11. The minimum absolute atomic E-state index is 0.117. The van der Waals surface area contributed by atoms with Crippen LogP contribution in [0, 0.1) is 18.6 Å². The first-order chi connectivity index (χ1) is 11.9. The standard InChI is InChI=1S/C18H19N3O2S2/c1-4-13-8-14-16(25-13)20-18(24)21(17(14)23)9-15(22)19-12-6-10(2)5-11(3)7-12/h5-8H,4,9H2,1-3H3,(H,19,22)(H,20,24). The van der Waals surface area contributed by atoms with Gasteiger partial charge in [-0.15, -0.1) is 11.3 Å². The fourth-order valence-electron chi connectivity index (χ4n) is 2.80. The maximum atomic E-state index is 12.7. The van der Waals surface area contributed by atoms with Crippen molar-refractivity contribution in [1.82, 2.24) is 9.55 Å². The summed E-state index contributed by atoms with van der Waals surface area (Å²) in [6, 6.07) is 7.69. The Balaban J connectivity index is 1.90. The van der Waals surface area contributed by atoms with E-state index < -0.39 is 0 Å². The molecule has 130 valence electrons. The first-order valence-corrected chi connectivity index (χ1v) is 9.23. The molecule has 0 spiro atoms. The first kappa shape index (κ1) is 17.6. The molecule has 25 heavy (non-hydrogen) atoms. The summed E-state index contributed by atoms with van der Waals surface area (Å²) in [5, 5.41) is 3.41. The largest absolute Gasteiger partial charge is 0.325 e. The fraction of sp³-hybridized carbons (Fsp3) is 0.278. The number of fused-ring (bicyclic) bond motifs is 1. The average Bonchev–Trinajstić information content (AvgIpc) is 2.93. The Morgan fingerprint density at radius 3 is 2.56 bits per heavy atom. The van der Waals surface area contributed by atoms with Gasteiger partial charge in [-0.1, -0.05) is 13.0 Å². The number of hydrogen-bond acceptors (Lipinski definition) is 4. The number of hydrogen-bond donors (Lipinski definition) is 2. The van der Waals surface area contributed by atoms with E-state index in [9.17, 15) is 9.59 Å². The van der Waals surface area contributed by atoms with Crippen LogP contribution in [0.15, 0.2) is 29.1 Å². The van der Waals surface area contributed by atoms with Crippen LogP contribution in [0.4, 0.5) is 5.69 Å². The van der Waals surface area contributed by atoms with Crippen molar-refractivity contribution in [1.29, 1.82) is 0 Å². The topological polar surface area (TPSA) is 66.9 Å². The Kier molecular flexibility index (Phi) is 4.87. The van der Waals surface area contributed by atoms with E-state index in [4.69, 9.17) is 12.2 Å². The number of benzene rings is 1. The molecular weight excluding hydrogens is 354 g/mol. The second-order valence-corrected chi connectivity index (χ2v) is 7.58. The average molecular weight is 374 g/mol. The summed E-state index contributed by atoms with van der Waals surface area (Å²) in [5.74, 6) is -0.281. The van der Waals surface area contributed by atoms with Crippen molar-refractivity contribution in [3.05, 3.63) is 55.4 Å². The van der Waals surface area contributed by atoms with Crippen molar-refractivity contribution < 1.29 is 4.79 Å². The summed E-state index contributed by atoms with van der Waals surface area (Å²) < 4.78 is 1.57. The number of carbonyl (C=O) groups excluding carboxylic acids is 1. The maximum absolute atomic E-state index is 12.7. The highest BCUT2D eigenvalue weighted by molar-refractivity contribution is 7.71. The molecule has 1 aromatic carbocycles. The van der Waals surface area contributed by atoms with Gasteiger partial charge in [-0.2, -0.15) is 0 Å². The lowest BCUT2D eigenvalue weighted by Gasteiger charge is -2.09. The van der Waals surface area contributed by atoms with Gasteiger partial charge in [-0.25, -0.2) is 0 Å². The Morgan fingerprint density at radius 2 is 1.92 bits per heavy atom. The number of anilines is 1. The number of H-pyrrole nitrogens is 1. The van der Waals surface area contributed by atoms with E-state index in [0.29, 0.717) is 5.39 Å². The molecule has 1 amide bonds. The van der Waals surface area contributed by atoms with E-state index in [0.717, 1.165) is 32.9 Å². The summed E-state index contributed by atoms with van der Waals surface area (Å²) in [7, 11) is 0. The molecule has 2 aromatic heterocycles. The molecule has 2 heterocycles. The van der Waals surface area contributed by atoms with E-state index in [1.807, 2.05) is 45.0 Å². The van der Waals surface area contributed by atoms with Crippen LogP contribution >= 0.6 is 23.6 Å². The zero-order chi connectivity index (χ0) is 18.1. The van der Waals surface area contributed by atoms with Crippen LogP contribution in [0.3, 0.4) is 0 Å². The highest BCUT2D eigenvalue weighted by Gasteiger charge is 2.12. The minimum Gasteiger partial charge on any atom is -0.325 e. The molecule has 0 radical (unpaired) electrons. The van der Waals surface area contributed by atoms with Gasteiger partial charge in [0.1, 0.15) is 11.4 Å². The van der Waals surface area contributed by atoms with Crippen LogP contribution in [-0.4, -0.2) is 15.5 Å². The van der Waals surface area contributed by atoms with E-state index >= 15 is 0 Å². The minimum atomic E-state index is -0.281. The van der Waals surface area contributed by atoms with Crippen LogP contribution in [0.1, 0.15) is 22.9 Å². The van der Waals surface area contributed by atoms with Crippen LogP contribution in [0.25, 0.3) is 10.2 Å².